The van der Waals surface area contributed by atoms with Gasteiger partial charge in [-0.05, 0) is 0 Å². The van der Waals surface area contributed by atoms with E-state index in [0.29, 0.717) is 12.1 Å². The summed E-state index contributed by atoms with van der Waals surface area (Å²) in [5, 5.41) is 2.71. The van der Waals surface area contributed by atoms with Crippen molar-refractivity contribution in [1.29, 1.82) is 0 Å². The van der Waals surface area contributed by atoms with E-state index in [2.05, 4.69) is 86.5 Å². The second-order valence-electron chi connectivity index (χ2n) is 6.80. The van der Waals surface area contributed by atoms with Crippen LogP contribution in [0, 0.1) is 10.2 Å². The van der Waals surface area contributed by atoms with Crippen LogP contribution in [0.1, 0.15) is 13.8 Å². The number of nitrogens with zero attached hydrogens (tertiary/aromatic N) is 1. The fourth-order valence-corrected chi connectivity index (χ4v) is 14.4. The molecule has 3 rings (SSSR count). The summed E-state index contributed by atoms with van der Waals surface area (Å²) in [5.41, 5.74) is 0. The number of rotatable bonds is 2. The average molecular weight is 445 g/mol. The van der Waals surface area contributed by atoms with Crippen molar-refractivity contribution in [2.24, 2.45) is 0 Å². The van der Waals surface area contributed by atoms with E-state index in [1.54, 1.807) is 8.70 Å². The predicted molar refractivity (Wildman–Crippen MR) is 101 cm³/mol. The number of halogens is 1. The van der Waals surface area contributed by atoms with Crippen LogP contribution in [0.4, 0.5) is 0 Å². The Balaban J connectivity index is 0.000000431. The molecule has 144 valence electrons. The van der Waals surface area contributed by atoms with Crippen LogP contribution in [0.5, 0.6) is 0 Å². The summed E-state index contributed by atoms with van der Waals surface area (Å²) >= 11 is -2.07. The Morgan fingerprint density at radius 3 is 1.46 bits per heavy atom. The molecule has 0 radical (unpaired) electrons. The number of benzene rings is 2. The van der Waals surface area contributed by atoms with Crippen molar-refractivity contribution in [2.45, 2.75) is 36.3 Å². The summed E-state index contributed by atoms with van der Waals surface area (Å²) in [6.07, 6.45) is 0. The summed E-state index contributed by atoms with van der Waals surface area (Å²) in [7, 11) is -1.91. The standard InChI is InChI=1S/C19H25AsN.ClH3O4/c1-16-14-20(15-17(2)21(16)3,18-10-6-4-7-11-18)19-12-8-5-9-13-19;2-1(3,4)5/h4-13,16-17H,14-15H2,1-3H3;2-4H/q+1;. The minimum absolute atomic E-state index is 0.668. The van der Waals surface area contributed by atoms with E-state index in [-0.39, 0.29) is 0 Å². The first kappa shape index (κ1) is 21.4. The number of hydrogen-bond donors (Lipinski definition) is 3. The molecule has 2 aromatic carbocycles. The normalized spacial score (nSPS) is 23.7. The zero-order chi connectivity index (χ0) is 19.4. The monoisotopic (exact) mass is 444 g/mol. The van der Waals surface area contributed by atoms with Gasteiger partial charge in [0.2, 0.25) is 0 Å². The van der Waals surface area contributed by atoms with Gasteiger partial charge in [-0.25, -0.2) is 0 Å². The van der Waals surface area contributed by atoms with E-state index < -0.39 is 23.8 Å². The molecule has 1 aliphatic rings. The van der Waals surface area contributed by atoms with Gasteiger partial charge in [-0.2, -0.15) is 0 Å². The van der Waals surface area contributed by atoms with Crippen molar-refractivity contribution in [1.82, 2.24) is 4.90 Å². The SMILES string of the molecule is CC1C[As+](c2ccccc2)(c2ccccc2)CC(C)N1C.[O-][Cl+](O)(O)O. The Morgan fingerprint density at radius 1 is 0.846 bits per heavy atom. The van der Waals surface area contributed by atoms with Gasteiger partial charge in [0, 0.05) is 0 Å². The first-order valence-corrected chi connectivity index (χ1v) is 14.4. The molecule has 0 saturated carbocycles. The second kappa shape index (κ2) is 8.85. The molecule has 0 aliphatic carbocycles. The van der Waals surface area contributed by atoms with E-state index in [9.17, 15) is 0 Å². The summed E-state index contributed by atoms with van der Waals surface area (Å²) in [6.45, 7) is 4.80. The molecular formula is C19H28AsClNO4+. The fraction of sp³-hybridized carbons (Fsp3) is 0.368. The van der Waals surface area contributed by atoms with Crippen molar-refractivity contribution in [2.75, 3.05) is 7.05 Å². The van der Waals surface area contributed by atoms with Crippen LogP contribution < -0.4 is 13.4 Å². The van der Waals surface area contributed by atoms with E-state index in [4.69, 9.17) is 18.6 Å². The topological polar surface area (TPSA) is 87.0 Å². The van der Waals surface area contributed by atoms with Crippen LogP contribution in [0.2, 0.25) is 10.4 Å². The van der Waals surface area contributed by atoms with Gasteiger partial charge in [-0.15, -0.1) is 0 Å². The van der Waals surface area contributed by atoms with Crippen LogP contribution in [0.3, 0.4) is 0 Å². The predicted octanol–water partition coefficient (Wildman–Crippen LogP) is 0.112. The Morgan fingerprint density at radius 2 is 1.15 bits per heavy atom. The van der Waals surface area contributed by atoms with Crippen LogP contribution in [0.15, 0.2) is 60.7 Å². The van der Waals surface area contributed by atoms with Gasteiger partial charge in [0.05, 0.1) is 0 Å². The van der Waals surface area contributed by atoms with Crippen LogP contribution >= 0.6 is 0 Å². The fourth-order valence-electron chi connectivity index (χ4n) is 3.67. The van der Waals surface area contributed by atoms with Crippen LogP contribution in [0.25, 0.3) is 0 Å². The minimum atomic E-state index is -4.19. The van der Waals surface area contributed by atoms with Gasteiger partial charge < -0.3 is 0 Å². The molecule has 7 heteroatoms. The molecule has 0 amide bonds. The van der Waals surface area contributed by atoms with Crippen molar-refractivity contribution in [3.8, 4) is 0 Å². The summed E-state index contributed by atoms with van der Waals surface area (Å²) in [5.74, 6) is 0. The summed E-state index contributed by atoms with van der Waals surface area (Å²) in [6, 6.07) is 24.0. The number of hydrogen-bond acceptors (Lipinski definition) is 5. The molecule has 0 spiro atoms. The average Bonchev–Trinajstić information content (AvgIpc) is 2.59. The molecule has 2 aromatic rings. The van der Waals surface area contributed by atoms with Crippen LogP contribution in [-0.4, -0.2) is 51.6 Å². The second-order valence-corrected chi connectivity index (χ2v) is 15.4. The van der Waals surface area contributed by atoms with Crippen molar-refractivity contribution < 1.29 is 28.9 Å². The Hall–Kier alpha value is -0.912. The zero-order valence-corrected chi connectivity index (χ0v) is 18.0. The van der Waals surface area contributed by atoms with Gasteiger partial charge in [0.1, 0.15) is 0 Å². The molecule has 0 aromatic heterocycles. The third-order valence-electron chi connectivity index (χ3n) is 5.04. The van der Waals surface area contributed by atoms with Crippen molar-refractivity contribution in [3.63, 3.8) is 0 Å². The Labute approximate surface area is 160 Å². The van der Waals surface area contributed by atoms with Gasteiger partial charge >= 0.3 is 160 Å². The van der Waals surface area contributed by atoms with E-state index in [0.717, 1.165) is 0 Å². The van der Waals surface area contributed by atoms with E-state index in [1.165, 1.54) is 10.4 Å². The molecule has 1 saturated heterocycles. The molecule has 26 heavy (non-hydrogen) atoms. The quantitative estimate of drug-likeness (QED) is 0.573. The first-order chi connectivity index (χ1) is 12.1. The molecule has 3 N–H and O–H groups in total. The van der Waals surface area contributed by atoms with Crippen LogP contribution in [-0.2, 0) is 0 Å². The summed E-state index contributed by atoms with van der Waals surface area (Å²) < 4.78 is 33.5. The van der Waals surface area contributed by atoms with Crippen molar-refractivity contribution in [3.05, 3.63) is 60.7 Å². The van der Waals surface area contributed by atoms with Crippen molar-refractivity contribution >= 4 is 22.3 Å². The third kappa shape index (κ3) is 5.54. The van der Waals surface area contributed by atoms with E-state index >= 15 is 0 Å². The Bertz CT molecular complexity index is 621. The van der Waals surface area contributed by atoms with Gasteiger partial charge in [-0.1, -0.05) is 0 Å². The molecule has 1 fully saturated rings. The molecule has 0 bridgehead atoms. The maximum atomic E-state index is 8.83. The van der Waals surface area contributed by atoms with Gasteiger partial charge in [0.25, 0.3) is 0 Å². The Kier molecular flexibility index (Phi) is 7.28. The molecule has 5 nitrogen and oxygen atoms in total. The van der Waals surface area contributed by atoms with Gasteiger partial charge in [0.15, 0.2) is 0 Å². The molecule has 1 heterocycles. The molecule has 1 aliphatic heterocycles. The first-order valence-electron chi connectivity index (χ1n) is 8.50. The van der Waals surface area contributed by atoms with Gasteiger partial charge in [-0.3, -0.25) is 0 Å². The third-order valence-corrected chi connectivity index (χ3v) is 15.3. The maximum absolute atomic E-state index is 8.83. The summed E-state index contributed by atoms with van der Waals surface area (Å²) in [4.78, 5) is 2.56. The zero-order valence-electron chi connectivity index (χ0n) is 15.4. The van der Waals surface area contributed by atoms with E-state index in [1.807, 2.05) is 0 Å². The molecule has 2 unspecified atom stereocenters. The molecule has 2 atom stereocenters. The molecular weight excluding hydrogens is 417 g/mol.